The average molecular weight is 663 g/mol. The molecular formula is C24H38O21. The summed E-state index contributed by atoms with van der Waals surface area (Å²) in [5.41, 5.74) is 0. The Hall–Kier alpha value is -1.74. The van der Waals surface area contributed by atoms with E-state index >= 15 is 0 Å². The van der Waals surface area contributed by atoms with Gasteiger partial charge in [0.05, 0.1) is 13.2 Å². The molecule has 0 bridgehead atoms. The molecule has 0 aliphatic carbocycles. The maximum Gasteiger partial charge on any atom is 0.335 e. The van der Waals surface area contributed by atoms with Gasteiger partial charge in [0.15, 0.2) is 37.4 Å². The van der Waals surface area contributed by atoms with Gasteiger partial charge in [0.2, 0.25) is 0 Å². The first-order valence-corrected chi connectivity index (χ1v) is 13.7. The van der Waals surface area contributed by atoms with E-state index in [2.05, 4.69) is 0 Å². The highest BCUT2D eigenvalue weighted by atomic mass is 16.8. The van der Waals surface area contributed by atoms with Gasteiger partial charge in [-0.15, -0.1) is 0 Å². The molecule has 4 aliphatic heterocycles. The van der Waals surface area contributed by atoms with E-state index in [1.807, 2.05) is 0 Å². The smallest absolute Gasteiger partial charge is 0.335 e. The maximum atomic E-state index is 11.7. The van der Waals surface area contributed by atoms with E-state index in [1.165, 1.54) is 0 Å². The molecule has 4 saturated heterocycles. The normalized spacial score (nSPS) is 49.4. The number of carboxylic acid groups (broad SMARTS) is 2. The van der Waals surface area contributed by atoms with Crippen LogP contribution in [0, 0.1) is 0 Å². The third-order valence-corrected chi connectivity index (χ3v) is 7.87. The van der Waals surface area contributed by atoms with E-state index in [4.69, 9.17) is 42.6 Å². The zero-order chi connectivity index (χ0) is 33.3. The molecule has 4 heterocycles. The van der Waals surface area contributed by atoms with Crippen molar-refractivity contribution in [3.63, 3.8) is 0 Å². The van der Waals surface area contributed by atoms with Gasteiger partial charge < -0.3 is 93.7 Å². The topological polar surface area (TPSA) is 320 Å². The molecule has 0 aromatic heterocycles. The maximum absolute atomic E-state index is 11.7. The lowest BCUT2D eigenvalue weighted by molar-refractivity contribution is -0.378. The van der Waals surface area contributed by atoms with Crippen molar-refractivity contribution in [1.82, 2.24) is 0 Å². The number of hydrogen-bond donors (Lipinski definition) is 10. The predicted molar refractivity (Wildman–Crippen MR) is 133 cm³/mol. The third kappa shape index (κ3) is 7.39. The minimum atomic E-state index is -1.92. The van der Waals surface area contributed by atoms with Crippen LogP contribution in [0.4, 0.5) is 0 Å². The van der Waals surface area contributed by atoms with Gasteiger partial charge in [-0.25, -0.2) is 9.59 Å². The summed E-state index contributed by atoms with van der Waals surface area (Å²) in [4.78, 5) is 23.3. The molecule has 10 N–H and O–H groups in total. The van der Waals surface area contributed by atoms with E-state index in [-0.39, 0.29) is 0 Å². The van der Waals surface area contributed by atoms with Crippen molar-refractivity contribution in [3.05, 3.63) is 0 Å². The van der Waals surface area contributed by atoms with E-state index in [0.29, 0.717) is 0 Å². The van der Waals surface area contributed by atoms with Crippen molar-refractivity contribution in [2.75, 3.05) is 27.4 Å². The molecule has 4 rings (SSSR count). The molecule has 0 saturated carbocycles. The first-order chi connectivity index (χ1) is 21.2. The van der Waals surface area contributed by atoms with Gasteiger partial charge in [0.25, 0.3) is 0 Å². The fourth-order valence-corrected chi connectivity index (χ4v) is 5.37. The predicted octanol–water partition coefficient (Wildman–Crippen LogP) is -6.98. The Morgan fingerprint density at radius 1 is 0.556 bits per heavy atom. The Kier molecular flexibility index (Phi) is 12.0. The second-order valence-electron chi connectivity index (χ2n) is 10.7. The second kappa shape index (κ2) is 15.0. The molecule has 1 unspecified atom stereocenters. The Labute approximate surface area is 253 Å². The number of aliphatic hydroxyl groups excluding tert-OH is 8. The Bertz CT molecular complexity index is 1000. The Morgan fingerprint density at radius 3 is 1.51 bits per heavy atom. The van der Waals surface area contributed by atoms with Gasteiger partial charge in [-0.3, -0.25) is 0 Å². The third-order valence-electron chi connectivity index (χ3n) is 7.87. The molecule has 21 nitrogen and oxygen atoms in total. The highest BCUT2D eigenvalue weighted by Crippen LogP contribution is 2.32. The largest absolute Gasteiger partial charge is 0.479 e. The molecule has 21 heteroatoms. The molecule has 4 fully saturated rings. The number of carbonyl (C=O) groups is 2. The molecule has 0 spiro atoms. The summed E-state index contributed by atoms with van der Waals surface area (Å²) >= 11 is 0. The number of hydrogen-bond acceptors (Lipinski definition) is 19. The molecule has 260 valence electrons. The zero-order valence-electron chi connectivity index (χ0n) is 23.8. The van der Waals surface area contributed by atoms with Crippen LogP contribution in [0.1, 0.15) is 0 Å². The molecule has 0 aromatic rings. The van der Waals surface area contributed by atoms with Gasteiger partial charge in [-0.05, 0) is 0 Å². The summed E-state index contributed by atoms with van der Waals surface area (Å²) in [6.07, 6.45) is -31.8. The van der Waals surface area contributed by atoms with Gasteiger partial charge >= 0.3 is 11.9 Å². The second-order valence-corrected chi connectivity index (χ2v) is 10.7. The van der Waals surface area contributed by atoms with E-state index in [0.717, 1.165) is 14.2 Å². The van der Waals surface area contributed by atoms with Crippen molar-refractivity contribution < 1.29 is 103 Å². The first-order valence-electron chi connectivity index (χ1n) is 13.7. The standard InChI is InChI=1S/C24H38O21/c1-37-13-9(28)11(30)22(44-17(13)19(32)33)42-15-8(27)6(4-39-21(15)36)41-24-16(7(26)5(25)3-40-24)43-23-12(31)10(29)14(38-2)18(45-23)20(34)35/h5-18,21-31,36H,3-4H2,1-2H3,(H,32,33)(H,34,35)/t5-,6-,7+,8+,9-,10-,11-,12-,13+,14+,15-,16-,17+,18+,21?,22+,23+,24+/m1/s1. The molecule has 0 amide bonds. The Balaban J connectivity index is 1.48. The van der Waals surface area contributed by atoms with Crippen LogP contribution < -0.4 is 0 Å². The SMILES string of the molecule is CO[C@H]1[C@H](O)[C@@H](O)[C@@H](O[C@H]2C(O)OC[C@@H](O[C@@H]3OC[C@@H](O)[C@H](O)[C@H]3O[C@H]3O[C@H](C(=O)O)[C@@H](OC)[C@H](O)[C@H]3O)[C@@H]2O)O[C@@H]1C(=O)O. The van der Waals surface area contributed by atoms with Crippen LogP contribution in [0.5, 0.6) is 0 Å². The van der Waals surface area contributed by atoms with Crippen molar-refractivity contribution in [2.45, 2.75) is 111 Å². The molecule has 0 aromatic carbocycles. The number of aliphatic hydroxyl groups is 8. The van der Waals surface area contributed by atoms with Crippen molar-refractivity contribution in [2.24, 2.45) is 0 Å². The molecule has 45 heavy (non-hydrogen) atoms. The Morgan fingerprint density at radius 2 is 1.04 bits per heavy atom. The number of rotatable bonds is 10. The quantitative estimate of drug-likeness (QED) is 0.104. The first kappa shape index (κ1) is 36.1. The van der Waals surface area contributed by atoms with Gasteiger partial charge in [-0.1, -0.05) is 0 Å². The number of ether oxygens (including phenoxy) is 9. The zero-order valence-corrected chi connectivity index (χ0v) is 23.8. The van der Waals surface area contributed by atoms with Crippen LogP contribution in [0.3, 0.4) is 0 Å². The number of methoxy groups -OCH3 is 2. The minimum absolute atomic E-state index is 0.532. The van der Waals surface area contributed by atoms with E-state index in [9.17, 15) is 60.7 Å². The fraction of sp³-hybridized carbons (Fsp3) is 0.917. The number of carboxylic acids is 2. The highest BCUT2D eigenvalue weighted by molar-refractivity contribution is 5.74. The summed E-state index contributed by atoms with van der Waals surface area (Å²) in [6.45, 7) is -1.08. The lowest BCUT2D eigenvalue weighted by Crippen LogP contribution is -2.65. The molecular weight excluding hydrogens is 624 g/mol. The van der Waals surface area contributed by atoms with Crippen LogP contribution in [-0.2, 0) is 52.2 Å². The van der Waals surface area contributed by atoms with Crippen molar-refractivity contribution in [1.29, 1.82) is 0 Å². The molecule has 4 aliphatic rings. The minimum Gasteiger partial charge on any atom is -0.479 e. The van der Waals surface area contributed by atoms with Crippen LogP contribution in [0.15, 0.2) is 0 Å². The van der Waals surface area contributed by atoms with Crippen LogP contribution in [0.25, 0.3) is 0 Å². The van der Waals surface area contributed by atoms with Crippen LogP contribution >= 0.6 is 0 Å². The summed E-state index contributed by atoms with van der Waals surface area (Å²) in [6, 6.07) is 0. The molecule has 18 atom stereocenters. The summed E-state index contributed by atoms with van der Waals surface area (Å²) in [5.74, 6) is -3.15. The number of aliphatic carboxylic acids is 2. The van der Waals surface area contributed by atoms with Gasteiger partial charge in [0.1, 0.15) is 73.2 Å². The lowest BCUT2D eigenvalue weighted by atomic mass is 9.98. The molecule has 0 radical (unpaired) electrons. The lowest BCUT2D eigenvalue weighted by Gasteiger charge is -2.46. The summed E-state index contributed by atoms with van der Waals surface area (Å²) < 4.78 is 47.6. The van der Waals surface area contributed by atoms with E-state index < -0.39 is 136 Å². The highest BCUT2D eigenvalue weighted by Gasteiger charge is 2.54. The summed E-state index contributed by atoms with van der Waals surface area (Å²) in [7, 11) is 2.16. The van der Waals surface area contributed by atoms with Gasteiger partial charge in [0, 0.05) is 14.2 Å². The van der Waals surface area contributed by atoms with E-state index in [1.54, 1.807) is 0 Å². The average Bonchev–Trinajstić information content (AvgIpc) is 2.99. The van der Waals surface area contributed by atoms with Crippen LogP contribution in [-0.4, -0.2) is 201 Å². The van der Waals surface area contributed by atoms with Crippen molar-refractivity contribution >= 4 is 11.9 Å². The van der Waals surface area contributed by atoms with Gasteiger partial charge in [-0.2, -0.15) is 0 Å². The summed E-state index contributed by atoms with van der Waals surface area (Å²) in [5, 5.41) is 103. The monoisotopic (exact) mass is 662 g/mol. The van der Waals surface area contributed by atoms with Crippen LogP contribution in [0.2, 0.25) is 0 Å². The fourth-order valence-electron chi connectivity index (χ4n) is 5.37. The van der Waals surface area contributed by atoms with Crippen molar-refractivity contribution in [3.8, 4) is 0 Å².